The van der Waals surface area contributed by atoms with Gasteiger partial charge in [0.1, 0.15) is 5.75 Å². The van der Waals surface area contributed by atoms with Crippen LogP contribution < -0.4 is 9.64 Å². The number of carbonyl (C=O) groups excluding carboxylic acids is 2. The summed E-state index contributed by atoms with van der Waals surface area (Å²) in [4.78, 5) is 28.4. The zero-order valence-corrected chi connectivity index (χ0v) is 13.5. The summed E-state index contributed by atoms with van der Waals surface area (Å²) < 4.78 is 5.13. The van der Waals surface area contributed by atoms with Crippen LogP contribution in [-0.4, -0.2) is 55.0 Å². The number of methoxy groups -OCH3 is 1. The highest BCUT2D eigenvalue weighted by molar-refractivity contribution is 7.99. The van der Waals surface area contributed by atoms with Crippen molar-refractivity contribution in [3.05, 3.63) is 24.3 Å². The Kier molecular flexibility index (Phi) is 4.57. The molecule has 2 aliphatic rings. The molecule has 0 spiro atoms. The lowest BCUT2D eigenvalue weighted by Gasteiger charge is -2.28. The van der Waals surface area contributed by atoms with Crippen molar-refractivity contribution in [3.8, 4) is 5.75 Å². The van der Waals surface area contributed by atoms with Gasteiger partial charge < -0.3 is 14.5 Å². The molecule has 118 valence electrons. The number of hydrogen-bond acceptors (Lipinski definition) is 4. The van der Waals surface area contributed by atoms with Crippen molar-refractivity contribution in [1.82, 2.24) is 4.90 Å². The summed E-state index contributed by atoms with van der Waals surface area (Å²) in [6.07, 6.45) is 0.314. The summed E-state index contributed by atoms with van der Waals surface area (Å²) in [5.74, 6) is 2.69. The molecular weight excluding hydrogens is 300 g/mol. The largest absolute Gasteiger partial charge is 0.497 e. The van der Waals surface area contributed by atoms with Crippen molar-refractivity contribution in [2.45, 2.75) is 6.42 Å². The molecule has 2 aliphatic heterocycles. The first-order valence-corrected chi connectivity index (χ1v) is 8.65. The van der Waals surface area contributed by atoms with Crippen molar-refractivity contribution in [1.29, 1.82) is 0 Å². The van der Waals surface area contributed by atoms with Gasteiger partial charge in [0.25, 0.3) is 0 Å². The monoisotopic (exact) mass is 320 g/mol. The zero-order valence-electron chi connectivity index (χ0n) is 12.7. The predicted molar refractivity (Wildman–Crippen MR) is 87.4 cm³/mol. The molecule has 0 saturated carbocycles. The number of carbonyl (C=O) groups is 2. The highest BCUT2D eigenvalue weighted by Gasteiger charge is 2.37. The third-order valence-electron chi connectivity index (χ3n) is 4.18. The molecule has 0 radical (unpaired) electrons. The third kappa shape index (κ3) is 3.06. The minimum atomic E-state index is -0.210. The van der Waals surface area contributed by atoms with Gasteiger partial charge in [0.15, 0.2) is 0 Å². The first-order valence-electron chi connectivity index (χ1n) is 7.50. The Morgan fingerprint density at radius 3 is 2.55 bits per heavy atom. The summed E-state index contributed by atoms with van der Waals surface area (Å²) in [5.41, 5.74) is 0.829. The van der Waals surface area contributed by atoms with Gasteiger partial charge in [-0.15, -0.1) is 0 Å². The van der Waals surface area contributed by atoms with E-state index in [1.165, 1.54) is 0 Å². The maximum absolute atomic E-state index is 12.5. The molecule has 5 nitrogen and oxygen atoms in total. The molecule has 2 fully saturated rings. The molecule has 6 heteroatoms. The van der Waals surface area contributed by atoms with E-state index in [9.17, 15) is 9.59 Å². The van der Waals surface area contributed by atoms with Gasteiger partial charge in [0, 0.05) is 43.2 Å². The average molecular weight is 320 g/mol. The summed E-state index contributed by atoms with van der Waals surface area (Å²) in [6.45, 7) is 2.08. The number of ether oxygens (including phenoxy) is 1. The Morgan fingerprint density at radius 2 is 1.91 bits per heavy atom. The first kappa shape index (κ1) is 15.2. The smallest absolute Gasteiger partial charge is 0.228 e. The van der Waals surface area contributed by atoms with Gasteiger partial charge in [-0.25, -0.2) is 0 Å². The quantitative estimate of drug-likeness (QED) is 0.849. The van der Waals surface area contributed by atoms with Crippen LogP contribution in [0.25, 0.3) is 0 Å². The molecule has 2 saturated heterocycles. The molecule has 0 N–H and O–H groups in total. The van der Waals surface area contributed by atoms with Crippen LogP contribution in [-0.2, 0) is 9.59 Å². The second-order valence-electron chi connectivity index (χ2n) is 5.54. The van der Waals surface area contributed by atoms with E-state index in [1.807, 2.05) is 40.9 Å². The second kappa shape index (κ2) is 6.60. The van der Waals surface area contributed by atoms with Crippen LogP contribution in [0.3, 0.4) is 0 Å². The molecule has 2 amide bonds. The van der Waals surface area contributed by atoms with Gasteiger partial charge in [-0.3, -0.25) is 9.59 Å². The standard InChI is InChI=1S/C16H20N2O3S/c1-21-14-4-2-13(3-5-14)18-11-12(10-15(18)19)16(20)17-6-8-22-9-7-17/h2-5,12H,6-11H2,1H3/t12-/m0/s1. The van der Waals surface area contributed by atoms with Crippen LogP contribution in [0.15, 0.2) is 24.3 Å². The summed E-state index contributed by atoms with van der Waals surface area (Å²) in [7, 11) is 1.61. The van der Waals surface area contributed by atoms with E-state index < -0.39 is 0 Å². The van der Waals surface area contributed by atoms with Crippen LogP contribution in [0.5, 0.6) is 5.75 Å². The molecule has 3 rings (SSSR count). The molecule has 1 aromatic carbocycles. The average Bonchev–Trinajstić information content (AvgIpc) is 2.97. The molecule has 0 unspecified atom stereocenters. The maximum Gasteiger partial charge on any atom is 0.228 e. The van der Waals surface area contributed by atoms with Crippen LogP contribution in [0.2, 0.25) is 0 Å². The van der Waals surface area contributed by atoms with Gasteiger partial charge in [0.2, 0.25) is 11.8 Å². The fraction of sp³-hybridized carbons (Fsp3) is 0.500. The Balaban J connectivity index is 1.68. The number of benzene rings is 1. The molecular formula is C16H20N2O3S. The molecule has 0 bridgehead atoms. The van der Waals surface area contributed by atoms with E-state index in [1.54, 1.807) is 12.0 Å². The number of nitrogens with zero attached hydrogens (tertiary/aromatic N) is 2. The fourth-order valence-electron chi connectivity index (χ4n) is 2.93. The molecule has 0 aliphatic carbocycles. The predicted octanol–water partition coefficient (Wildman–Crippen LogP) is 1.62. The Labute approximate surface area is 134 Å². The van der Waals surface area contributed by atoms with Gasteiger partial charge in [0.05, 0.1) is 13.0 Å². The van der Waals surface area contributed by atoms with Crippen LogP contribution in [0.1, 0.15) is 6.42 Å². The highest BCUT2D eigenvalue weighted by atomic mass is 32.2. The molecule has 0 aromatic heterocycles. The fourth-order valence-corrected chi connectivity index (χ4v) is 3.83. The zero-order chi connectivity index (χ0) is 15.5. The van der Waals surface area contributed by atoms with Crippen molar-refractivity contribution in [3.63, 3.8) is 0 Å². The highest BCUT2D eigenvalue weighted by Crippen LogP contribution is 2.28. The third-order valence-corrected chi connectivity index (χ3v) is 5.12. The number of anilines is 1. The van der Waals surface area contributed by atoms with Crippen molar-refractivity contribution >= 4 is 29.3 Å². The second-order valence-corrected chi connectivity index (χ2v) is 6.77. The van der Waals surface area contributed by atoms with Gasteiger partial charge in [-0.1, -0.05) is 0 Å². The van der Waals surface area contributed by atoms with E-state index >= 15 is 0 Å². The first-order chi connectivity index (χ1) is 10.7. The topological polar surface area (TPSA) is 49.9 Å². The van der Waals surface area contributed by atoms with Crippen molar-refractivity contribution < 1.29 is 14.3 Å². The van der Waals surface area contributed by atoms with Crippen LogP contribution in [0.4, 0.5) is 5.69 Å². The Morgan fingerprint density at radius 1 is 1.23 bits per heavy atom. The lowest BCUT2D eigenvalue weighted by atomic mass is 10.1. The number of rotatable bonds is 3. The van der Waals surface area contributed by atoms with E-state index in [4.69, 9.17) is 4.74 Å². The van der Waals surface area contributed by atoms with Gasteiger partial charge >= 0.3 is 0 Å². The number of hydrogen-bond donors (Lipinski definition) is 0. The summed E-state index contributed by atoms with van der Waals surface area (Å²) in [5, 5.41) is 0. The SMILES string of the molecule is COc1ccc(N2C[C@@H](C(=O)N3CCSCC3)CC2=O)cc1. The Hall–Kier alpha value is -1.69. The summed E-state index contributed by atoms with van der Waals surface area (Å²) in [6, 6.07) is 7.39. The minimum absolute atomic E-state index is 0.0231. The number of thioether (sulfide) groups is 1. The van der Waals surface area contributed by atoms with E-state index in [2.05, 4.69) is 0 Å². The lowest BCUT2D eigenvalue weighted by Crippen LogP contribution is -2.42. The lowest BCUT2D eigenvalue weighted by molar-refractivity contribution is -0.135. The van der Waals surface area contributed by atoms with Crippen molar-refractivity contribution in [2.75, 3.05) is 43.1 Å². The maximum atomic E-state index is 12.5. The normalized spacial score (nSPS) is 22.0. The van der Waals surface area contributed by atoms with Gasteiger partial charge in [-0.2, -0.15) is 11.8 Å². The molecule has 1 aromatic rings. The van der Waals surface area contributed by atoms with E-state index in [-0.39, 0.29) is 17.7 Å². The summed E-state index contributed by atoms with van der Waals surface area (Å²) >= 11 is 1.88. The molecule has 2 heterocycles. The molecule has 22 heavy (non-hydrogen) atoms. The minimum Gasteiger partial charge on any atom is -0.497 e. The van der Waals surface area contributed by atoms with Crippen LogP contribution in [0, 0.1) is 5.92 Å². The number of amides is 2. The van der Waals surface area contributed by atoms with Crippen molar-refractivity contribution in [2.24, 2.45) is 5.92 Å². The van der Waals surface area contributed by atoms with E-state index in [0.717, 1.165) is 36.0 Å². The Bertz CT molecular complexity index is 555. The molecule has 1 atom stereocenters. The van der Waals surface area contributed by atoms with E-state index in [0.29, 0.717) is 13.0 Å². The van der Waals surface area contributed by atoms with Crippen LogP contribution >= 0.6 is 11.8 Å². The van der Waals surface area contributed by atoms with Gasteiger partial charge in [-0.05, 0) is 24.3 Å².